The lowest BCUT2D eigenvalue weighted by Crippen LogP contribution is -1.86. The fourth-order valence-corrected chi connectivity index (χ4v) is 3.22. The van der Waals surface area contributed by atoms with Gasteiger partial charge in [0, 0.05) is 12.2 Å². The highest BCUT2D eigenvalue weighted by Crippen LogP contribution is 2.31. The lowest BCUT2D eigenvalue weighted by Gasteiger charge is -1.94. The number of oxime groups is 1. The minimum absolute atomic E-state index is 0.162. The highest BCUT2D eigenvalue weighted by atomic mass is 35.5. The number of rotatable bonds is 7. The molecule has 1 heterocycles. The van der Waals surface area contributed by atoms with E-state index in [0.29, 0.717) is 21.0 Å². The molecule has 1 rings (SSSR count). The van der Waals surface area contributed by atoms with E-state index < -0.39 is 11.9 Å². The van der Waals surface area contributed by atoms with Gasteiger partial charge in [-0.2, -0.15) is 8.78 Å². The quantitative estimate of drug-likeness (QED) is 0.412. The standard InChI is InChI=1S/C10H10ClF3N2OS2/c1-2-17-15-5-7-8(11)19-10(16-7)18-4-3-6(12)9(13)14/h5H,2-4H2,1H3. The summed E-state index contributed by atoms with van der Waals surface area (Å²) in [5.41, 5.74) is 0.440. The summed E-state index contributed by atoms with van der Waals surface area (Å²) in [5, 5.41) is 3.62. The van der Waals surface area contributed by atoms with Gasteiger partial charge in [-0.3, -0.25) is 0 Å². The zero-order valence-electron chi connectivity index (χ0n) is 9.83. The van der Waals surface area contributed by atoms with Crippen molar-refractivity contribution in [2.75, 3.05) is 12.4 Å². The van der Waals surface area contributed by atoms with Crippen molar-refractivity contribution in [1.82, 2.24) is 4.98 Å². The molecule has 1 aromatic rings. The van der Waals surface area contributed by atoms with Gasteiger partial charge in [-0.25, -0.2) is 9.37 Å². The van der Waals surface area contributed by atoms with E-state index in [1.165, 1.54) is 17.6 Å². The van der Waals surface area contributed by atoms with Gasteiger partial charge in [0.15, 0.2) is 10.2 Å². The molecule has 0 N–H and O–H groups in total. The van der Waals surface area contributed by atoms with Crippen molar-refractivity contribution >= 4 is 40.9 Å². The number of allylic oxidation sites excluding steroid dienone is 1. The molecule has 0 fully saturated rings. The van der Waals surface area contributed by atoms with Crippen LogP contribution < -0.4 is 0 Å². The molecule has 0 spiro atoms. The second-order valence-corrected chi connectivity index (χ2v) is 6.00. The van der Waals surface area contributed by atoms with Crippen LogP contribution >= 0.6 is 34.7 Å². The SMILES string of the molecule is CCON=Cc1nc(SCCC(F)=C(F)F)sc1Cl. The van der Waals surface area contributed by atoms with Gasteiger partial charge in [0.1, 0.15) is 16.6 Å². The average Bonchev–Trinajstić information content (AvgIpc) is 2.70. The Morgan fingerprint density at radius 2 is 2.26 bits per heavy atom. The molecule has 0 aliphatic heterocycles. The molecule has 0 amide bonds. The van der Waals surface area contributed by atoms with E-state index >= 15 is 0 Å². The van der Waals surface area contributed by atoms with Gasteiger partial charge in [-0.1, -0.05) is 39.9 Å². The van der Waals surface area contributed by atoms with Crippen LogP contribution in [0.15, 0.2) is 21.4 Å². The number of thiazole rings is 1. The van der Waals surface area contributed by atoms with Crippen LogP contribution in [0.5, 0.6) is 0 Å². The van der Waals surface area contributed by atoms with E-state index in [1.807, 2.05) is 0 Å². The molecular formula is C10H10ClF3N2OS2. The molecule has 0 aliphatic carbocycles. The first-order valence-electron chi connectivity index (χ1n) is 5.18. The van der Waals surface area contributed by atoms with Crippen LogP contribution in [0.2, 0.25) is 4.34 Å². The first kappa shape index (κ1) is 16.3. The van der Waals surface area contributed by atoms with Crippen molar-refractivity contribution in [1.29, 1.82) is 0 Å². The van der Waals surface area contributed by atoms with Crippen LogP contribution in [-0.2, 0) is 4.84 Å². The van der Waals surface area contributed by atoms with E-state index in [1.54, 1.807) is 6.92 Å². The summed E-state index contributed by atoms with van der Waals surface area (Å²) in [6.45, 7) is 2.22. The van der Waals surface area contributed by atoms with Crippen molar-refractivity contribution in [3.63, 3.8) is 0 Å². The molecular weight excluding hydrogens is 321 g/mol. The predicted molar refractivity (Wildman–Crippen MR) is 72.0 cm³/mol. The van der Waals surface area contributed by atoms with Crippen molar-refractivity contribution in [3.8, 4) is 0 Å². The third-order valence-corrected chi connectivity index (χ3v) is 4.15. The molecule has 0 unspecified atom stereocenters. The van der Waals surface area contributed by atoms with Gasteiger partial charge in [0.2, 0.25) is 0 Å². The minimum atomic E-state index is -2.28. The molecule has 0 saturated carbocycles. The zero-order valence-corrected chi connectivity index (χ0v) is 12.2. The second kappa shape index (κ2) is 8.44. The summed E-state index contributed by atoms with van der Waals surface area (Å²) in [5.74, 6) is -1.23. The Morgan fingerprint density at radius 1 is 1.53 bits per heavy atom. The fraction of sp³-hybridized carbons (Fsp3) is 0.400. The van der Waals surface area contributed by atoms with E-state index in [2.05, 4.69) is 10.1 Å². The molecule has 0 radical (unpaired) electrons. The summed E-state index contributed by atoms with van der Waals surface area (Å²) in [6.07, 6.45) is -1.25. The largest absolute Gasteiger partial charge is 0.396 e. The molecule has 3 nitrogen and oxygen atoms in total. The number of aromatic nitrogens is 1. The summed E-state index contributed by atoms with van der Waals surface area (Å²) in [6, 6.07) is 0. The van der Waals surface area contributed by atoms with Crippen LogP contribution in [0, 0.1) is 0 Å². The third kappa shape index (κ3) is 5.84. The Balaban J connectivity index is 2.52. The first-order chi connectivity index (χ1) is 9.04. The van der Waals surface area contributed by atoms with Crippen LogP contribution in [0.25, 0.3) is 0 Å². The van der Waals surface area contributed by atoms with Crippen molar-refractivity contribution in [2.24, 2.45) is 5.16 Å². The van der Waals surface area contributed by atoms with Crippen molar-refractivity contribution in [2.45, 2.75) is 17.7 Å². The highest BCUT2D eigenvalue weighted by Gasteiger charge is 2.10. The van der Waals surface area contributed by atoms with Crippen molar-refractivity contribution < 1.29 is 18.0 Å². The summed E-state index contributed by atoms with van der Waals surface area (Å²) in [7, 11) is 0. The molecule has 0 saturated heterocycles. The molecule has 9 heteroatoms. The van der Waals surface area contributed by atoms with Crippen LogP contribution in [0.1, 0.15) is 19.0 Å². The van der Waals surface area contributed by atoms with E-state index in [4.69, 9.17) is 16.4 Å². The van der Waals surface area contributed by atoms with Gasteiger partial charge < -0.3 is 4.84 Å². The Bertz CT molecular complexity index is 475. The van der Waals surface area contributed by atoms with E-state index in [9.17, 15) is 13.2 Å². The Hall–Kier alpha value is -0.730. The Kier molecular flexibility index (Phi) is 7.25. The van der Waals surface area contributed by atoms with E-state index in [0.717, 1.165) is 11.8 Å². The molecule has 106 valence electrons. The van der Waals surface area contributed by atoms with Gasteiger partial charge in [-0.15, -0.1) is 0 Å². The number of nitrogens with zero attached hydrogens (tertiary/aromatic N) is 2. The van der Waals surface area contributed by atoms with Crippen LogP contribution in [0.4, 0.5) is 13.2 Å². The van der Waals surface area contributed by atoms with Gasteiger partial charge in [-0.05, 0) is 6.92 Å². The molecule has 0 bridgehead atoms. The first-order valence-corrected chi connectivity index (χ1v) is 7.36. The summed E-state index contributed by atoms with van der Waals surface area (Å²) in [4.78, 5) is 8.89. The molecule has 0 aromatic carbocycles. The predicted octanol–water partition coefficient (Wildman–Crippen LogP) is 4.73. The molecule has 19 heavy (non-hydrogen) atoms. The lowest BCUT2D eigenvalue weighted by molar-refractivity contribution is 0.160. The van der Waals surface area contributed by atoms with Crippen LogP contribution in [-0.4, -0.2) is 23.6 Å². The second-order valence-electron chi connectivity index (χ2n) is 3.05. The molecule has 0 aliphatic rings. The maximum absolute atomic E-state index is 12.6. The van der Waals surface area contributed by atoms with Crippen LogP contribution in [0.3, 0.4) is 0 Å². The van der Waals surface area contributed by atoms with E-state index in [-0.39, 0.29) is 12.2 Å². The third-order valence-electron chi connectivity index (χ3n) is 1.72. The molecule has 1 aromatic heterocycles. The maximum atomic E-state index is 12.6. The number of thioether (sulfide) groups is 1. The maximum Gasteiger partial charge on any atom is 0.301 e. The normalized spacial score (nSPS) is 11.0. The smallest absolute Gasteiger partial charge is 0.301 e. The Labute approximate surface area is 121 Å². The summed E-state index contributed by atoms with van der Waals surface area (Å²) >= 11 is 8.24. The van der Waals surface area contributed by atoms with Gasteiger partial charge in [0.05, 0.1) is 6.21 Å². The Morgan fingerprint density at radius 3 is 2.89 bits per heavy atom. The molecule has 0 atom stereocenters. The van der Waals surface area contributed by atoms with Gasteiger partial charge in [0.25, 0.3) is 0 Å². The average molecular weight is 331 g/mol. The lowest BCUT2D eigenvalue weighted by atomic mass is 10.4. The summed E-state index contributed by atoms with van der Waals surface area (Å²) < 4.78 is 37.2. The number of hydrogen-bond donors (Lipinski definition) is 0. The van der Waals surface area contributed by atoms with Crippen molar-refractivity contribution in [3.05, 3.63) is 21.9 Å². The minimum Gasteiger partial charge on any atom is -0.396 e. The monoisotopic (exact) mass is 330 g/mol. The highest BCUT2D eigenvalue weighted by molar-refractivity contribution is 8.01. The number of halogens is 4. The fourth-order valence-electron chi connectivity index (χ4n) is 0.920. The van der Waals surface area contributed by atoms with Gasteiger partial charge >= 0.3 is 6.08 Å². The number of hydrogen-bond acceptors (Lipinski definition) is 5. The topological polar surface area (TPSA) is 34.5 Å². The zero-order chi connectivity index (χ0) is 14.3.